The molecule has 6 heteroatoms. The first-order valence-corrected chi connectivity index (χ1v) is 13.7. The number of carbonyl (C=O) groups excluding carboxylic acids is 1. The molecule has 2 bridgehead atoms. The lowest BCUT2D eigenvalue weighted by molar-refractivity contribution is -0.127. The lowest BCUT2D eigenvalue weighted by Gasteiger charge is -2.27. The molecule has 33 heavy (non-hydrogen) atoms. The Morgan fingerprint density at radius 3 is 2.97 bits per heavy atom. The van der Waals surface area contributed by atoms with E-state index in [9.17, 15) is 15.0 Å². The molecule has 0 saturated heterocycles. The van der Waals surface area contributed by atoms with E-state index in [-0.39, 0.29) is 23.4 Å². The summed E-state index contributed by atoms with van der Waals surface area (Å²) in [6.07, 6.45) is 11.9. The van der Waals surface area contributed by atoms with Gasteiger partial charge in [-0.25, -0.2) is 4.31 Å². The number of allylic oxidation sites excluding steroid dienone is 3. The van der Waals surface area contributed by atoms with Crippen LogP contribution >= 0.6 is 23.3 Å². The molecule has 1 aromatic carbocycles. The predicted molar refractivity (Wildman–Crippen MR) is 132 cm³/mol. The van der Waals surface area contributed by atoms with Crippen molar-refractivity contribution in [2.75, 3.05) is 6.54 Å². The van der Waals surface area contributed by atoms with Crippen LogP contribution in [0.4, 0.5) is 0 Å². The molecular weight excluding hydrogens is 450 g/mol. The van der Waals surface area contributed by atoms with E-state index in [1.165, 1.54) is 5.57 Å². The highest BCUT2D eigenvalue weighted by Gasteiger charge is 2.52. The number of hydrogen-bond donors (Lipinski definition) is 2. The summed E-state index contributed by atoms with van der Waals surface area (Å²) in [5, 5.41) is 25.8. The van der Waals surface area contributed by atoms with Gasteiger partial charge >= 0.3 is 0 Å². The Balaban J connectivity index is 1.24. The van der Waals surface area contributed by atoms with Gasteiger partial charge in [0, 0.05) is 23.4 Å². The zero-order valence-corrected chi connectivity index (χ0v) is 20.2. The molecule has 4 nitrogen and oxygen atoms in total. The van der Waals surface area contributed by atoms with Crippen LogP contribution in [0.25, 0.3) is 0 Å². The summed E-state index contributed by atoms with van der Waals surface area (Å²) in [5.41, 5.74) is 4.27. The number of thiophene rings is 1. The number of carbonyl (C=O) groups is 1. The van der Waals surface area contributed by atoms with Crippen molar-refractivity contribution in [3.8, 4) is 5.75 Å². The van der Waals surface area contributed by atoms with Crippen molar-refractivity contribution < 1.29 is 15.0 Å². The summed E-state index contributed by atoms with van der Waals surface area (Å²) >= 11 is 3.35. The molecule has 1 fully saturated rings. The SMILES string of the molecule is O=C1C(Cc2cc(SN3CCCC4=CC3CCC=C4)ccc2O)C(O)c2cscc2C2CC12. The van der Waals surface area contributed by atoms with E-state index in [2.05, 4.69) is 27.9 Å². The van der Waals surface area contributed by atoms with Crippen LogP contribution in [0.2, 0.25) is 0 Å². The normalized spacial score (nSPS) is 31.1. The molecule has 1 aliphatic heterocycles. The highest BCUT2D eigenvalue weighted by molar-refractivity contribution is 7.97. The van der Waals surface area contributed by atoms with Crippen LogP contribution in [0.1, 0.15) is 60.8 Å². The minimum Gasteiger partial charge on any atom is -0.508 e. The van der Waals surface area contributed by atoms with Crippen LogP contribution in [-0.4, -0.2) is 32.9 Å². The third-order valence-corrected chi connectivity index (χ3v) is 9.57. The summed E-state index contributed by atoms with van der Waals surface area (Å²) in [7, 11) is 0. The molecule has 3 aliphatic carbocycles. The number of aromatic hydroxyl groups is 1. The van der Waals surface area contributed by atoms with Crippen molar-refractivity contribution in [3.63, 3.8) is 0 Å². The third-order valence-electron chi connectivity index (χ3n) is 7.64. The van der Waals surface area contributed by atoms with Gasteiger partial charge < -0.3 is 10.2 Å². The number of aliphatic hydroxyl groups is 1. The first kappa shape index (κ1) is 21.7. The van der Waals surface area contributed by atoms with Gasteiger partial charge in [0.25, 0.3) is 0 Å². The Kier molecular flexibility index (Phi) is 5.73. The third kappa shape index (κ3) is 4.12. The Morgan fingerprint density at radius 1 is 1.18 bits per heavy atom. The Labute approximate surface area is 203 Å². The molecule has 0 amide bonds. The summed E-state index contributed by atoms with van der Waals surface area (Å²) in [5.74, 6) is 0.171. The van der Waals surface area contributed by atoms with E-state index in [0.717, 1.165) is 60.2 Å². The highest BCUT2D eigenvalue weighted by atomic mass is 32.2. The van der Waals surface area contributed by atoms with Crippen molar-refractivity contribution in [2.45, 2.75) is 61.5 Å². The fourth-order valence-electron chi connectivity index (χ4n) is 5.73. The molecule has 2 heterocycles. The topological polar surface area (TPSA) is 60.8 Å². The van der Waals surface area contributed by atoms with Crippen molar-refractivity contribution in [3.05, 3.63) is 69.5 Å². The van der Waals surface area contributed by atoms with E-state index in [4.69, 9.17) is 0 Å². The first-order valence-electron chi connectivity index (χ1n) is 12.0. The molecule has 6 rings (SSSR count). The van der Waals surface area contributed by atoms with Gasteiger partial charge in [0.15, 0.2) is 0 Å². The second-order valence-electron chi connectivity index (χ2n) is 9.80. The largest absolute Gasteiger partial charge is 0.508 e. The van der Waals surface area contributed by atoms with Crippen molar-refractivity contribution in [2.24, 2.45) is 11.8 Å². The maximum atomic E-state index is 13.2. The van der Waals surface area contributed by atoms with Crippen LogP contribution in [0.5, 0.6) is 5.75 Å². The molecule has 2 N–H and O–H groups in total. The molecule has 5 atom stereocenters. The van der Waals surface area contributed by atoms with Crippen molar-refractivity contribution >= 4 is 29.1 Å². The Bertz CT molecular complexity index is 1140. The first-order chi connectivity index (χ1) is 16.1. The van der Waals surface area contributed by atoms with E-state index in [1.54, 1.807) is 29.4 Å². The average Bonchev–Trinajstić information content (AvgIpc) is 3.57. The number of hydrogen-bond acceptors (Lipinski definition) is 6. The van der Waals surface area contributed by atoms with Crippen LogP contribution in [0, 0.1) is 11.8 Å². The number of benzene rings is 1. The van der Waals surface area contributed by atoms with Gasteiger partial charge in [-0.2, -0.15) is 11.3 Å². The van der Waals surface area contributed by atoms with E-state index in [0.29, 0.717) is 12.5 Å². The lowest BCUT2D eigenvalue weighted by Crippen LogP contribution is -2.27. The second kappa shape index (κ2) is 8.73. The van der Waals surface area contributed by atoms with Crippen LogP contribution in [-0.2, 0) is 11.2 Å². The Hall–Kier alpha value is -1.86. The standard InChI is InChI=1S/C27H29NO3S2/c29-25-8-7-19(33-28-9-3-5-16-4-1-2-6-18(28)10-16)11-17(25)12-22-26(30)21-13-20(21)23-14-32-15-24(23)27(22)31/h1,4,7-8,10-11,14-15,18,20-22,27,29,31H,2-3,5-6,9,12-13H2. The second-order valence-corrected chi connectivity index (χ2v) is 11.7. The van der Waals surface area contributed by atoms with Gasteiger partial charge in [0.05, 0.1) is 12.0 Å². The van der Waals surface area contributed by atoms with Crippen LogP contribution in [0.3, 0.4) is 0 Å². The maximum Gasteiger partial charge on any atom is 0.142 e. The van der Waals surface area contributed by atoms with E-state index < -0.39 is 12.0 Å². The lowest BCUT2D eigenvalue weighted by atomic mass is 9.86. The van der Waals surface area contributed by atoms with Gasteiger partial charge in [0.1, 0.15) is 11.5 Å². The summed E-state index contributed by atoms with van der Waals surface area (Å²) in [6, 6.07) is 6.14. The molecule has 1 saturated carbocycles. The number of Topliss-reactive ketones (excluding diaryl/α,β-unsaturated/α-hetero) is 1. The van der Waals surface area contributed by atoms with Gasteiger partial charge in [-0.15, -0.1) is 0 Å². The summed E-state index contributed by atoms with van der Waals surface area (Å²) in [6.45, 7) is 1.03. The zero-order valence-electron chi connectivity index (χ0n) is 18.5. The molecule has 5 unspecified atom stereocenters. The number of phenolic OH excluding ortho intramolecular Hbond substituents is 1. The monoisotopic (exact) mass is 479 g/mol. The number of ketones is 1. The van der Waals surface area contributed by atoms with Gasteiger partial charge in [0.2, 0.25) is 0 Å². The fraction of sp³-hybridized carbons (Fsp3) is 0.444. The highest BCUT2D eigenvalue weighted by Crippen LogP contribution is 2.56. The molecule has 0 spiro atoms. The van der Waals surface area contributed by atoms with Gasteiger partial charge in [-0.3, -0.25) is 4.79 Å². The van der Waals surface area contributed by atoms with Gasteiger partial charge in [-0.05, 0) is 102 Å². The molecular formula is C27H29NO3S2. The average molecular weight is 480 g/mol. The summed E-state index contributed by atoms with van der Waals surface area (Å²) < 4.78 is 2.47. The molecule has 1 aromatic heterocycles. The number of aliphatic hydroxyl groups excluding tert-OH is 1. The van der Waals surface area contributed by atoms with E-state index >= 15 is 0 Å². The molecule has 2 aromatic rings. The number of fused-ring (bicyclic) bond motifs is 4. The van der Waals surface area contributed by atoms with Gasteiger partial charge in [-0.1, -0.05) is 23.8 Å². The van der Waals surface area contributed by atoms with E-state index in [1.807, 2.05) is 17.5 Å². The zero-order chi connectivity index (χ0) is 22.5. The quantitative estimate of drug-likeness (QED) is 0.545. The number of rotatable bonds is 4. The fourth-order valence-corrected chi connectivity index (χ4v) is 7.79. The molecule has 172 valence electrons. The number of nitrogens with zero attached hydrogens (tertiary/aromatic N) is 1. The van der Waals surface area contributed by atoms with Crippen molar-refractivity contribution in [1.82, 2.24) is 4.31 Å². The minimum atomic E-state index is -0.796. The minimum absolute atomic E-state index is 0.0297. The van der Waals surface area contributed by atoms with Crippen LogP contribution < -0.4 is 0 Å². The summed E-state index contributed by atoms with van der Waals surface area (Å²) in [4.78, 5) is 14.3. The number of phenols is 1. The molecule has 0 radical (unpaired) electrons. The Morgan fingerprint density at radius 2 is 2.06 bits per heavy atom. The maximum absolute atomic E-state index is 13.2. The van der Waals surface area contributed by atoms with Crippen molar-refractivity contribution in [1.29, 1.82) is 0 Å². The predicted octanol–water partition coefficient (Wildman–Crippen LogP) is 5.78. The van der Waals surface area contributed by atoms with Crippen LogP contribution in [0.15, 0.2) is 57.7 Å². The smallest absolute Gasteiger partial charge is 0.142 e. The molecule has 4 aliphatic rings.